The van der Waals surface area contributed by atoms with Crippen molar-refractivity contribution in [3.05, 3.63) is 0 Å². The molecule has 0 spiro atoms. The Bertz CT molecular complexity index is 280. The first-order valence-corrected chi connectivity index (χ1v) is 5.63. The summed E-state index contributed by atoms with van der Waals surface area (Å²) in [6.07, 6.45) is 3.83. The fourth-order valence-electron chi connectivity index (χ4n) is 3.38. The van der Waals surface area contributed by atoms with Crippen molar-refractivity contribution >= 4 is 33.3 Å². The zero-order valence-electron chi connectivity index (χ0n) is 6.65. The Hall–Kier alpha value is 0.440. The second-order valence-electron chi connectivity index (χ2n) is 4.58. The van der Waals surface area contributed by atoms with E-state index in [9.17, 15) is 4.79 Å². The lowest BCUT2D eigenvalue weighted by molar-refractivity contribution is -0.126. The van der Waals surface area contributed by atoms with Crippen molar-refractivity contribution < 1.29 is 4.79 Å². The molecule has 0 amide bonds. The van der Waals surface area contributed by atoms with Crippen molar-refractivity contribution in [2.45, 2.75) is 34.9 Å². The minimum Gasteiger partial charge on any atom is -0.298 e. The summed E-state index contributed by atoms with van der Waals surface area (Å²) in [7, 11) is 0. The number of Topliss-reactive ketones (excluding diaryl/α,β-unsaturated/α-hetero) is 1. The predicted molar refractivity (Wildman–Crippen MR) is 50.7 cm³/mol. The Morgan fingerprint density at radius 1 is 1.50 bits per heavy atom. The van der Waals surface area contributed by atoms with E-state index in [0.717, 1.165) is 25.7 Å². The summed E-state index contributed by atoms with van der Waals surface area (Å²) in [6.45, 7) is 0. The zero-order chi connectivity index (χ0) is 8.56. The molecule has 4 rings (SSSR count). The van der Waals surface area contributed by atoms with Gasteiger partial charge in [-0.05, 0) is 31.6 Å². The second-order valence-corrected chi connectivity index (χ2v) is 6.85. The van der Waals surface area contributed by atoms with E-state index in [2.05, 4.69) is 15.9 Å². The van der Waals surface area contributed by atoms with E-state index in [-0.39, 0.29) is 15.1 Å². The summed E-state index contributed by atoms with van der Waals surface area (Å²) in [5, 5.41) is 0. The van der Waals surface area contributed by atoms with Gasteiger partial charge >= 0.3 is 0 Å². The van der Waals surface area contributed by atoms with Crippen LogP contribution in [0.3, 0.4) is 0 Å². The van der Waals surface area contributed by atoms with Crippen LogP contribution in [0.2, 0.25) is 0 Å². The van der Waals surface area contributed by atoms with Crippen LogP contribution in [0.5, 0.6) is 0 Å². The van der Waals surface area contributed by atoms with Gasteiger partial charge in [0.25, 0.3) is 0 Å². The van der Waals surface area contributed by atoms with Gasteiger partial charge in [0.15, 0.2) is 5.78 Å². The number of hydrogen-bond donors (Lipinski definition) is 0. The van der Waals surface area contributed by atoms with Crippen LogP contribution >= 0.6 is 27.5 Å². The molecule has 4 unspecified atom stereocenters. The molecule has 3 heteroatoms. The van der Waals surface area contributed by atoms with Crippen molar-refractivity contribution in [2.24, 2.45) is 11.8 Å². The van der Waals surface area contributed by atoms with Crippen LogP contribution < -0.4 is 0 Å². The highest BCUT2D eigenvalue weighted by atomic mass is 79.9. The molecule has 0 saturated heterocycles. The van der Waals surface area contributed by atoms with Crippen molar-refractivity contribution in [3.8, 4) is 0 Å². The van der Waals surface area contributed by atoms with E-state index in [0.29, 0.717) is 11.7 Å². The number of carbonyl (C=O) groups excluding carboxylic acids is 1. The Labute approximate surface area is 85.0 Å². The number of alkyl halides is 2. The lowest BCUT2D eigenvalue weighted by Crippen LogP contribution is -2.41. The van der Waals surface area contributed by atoms with E-state index in [1.165, 1.54) is 0 Å². The van der Waals surface area contributed by atoms with Gasteiger partial charge in [0.2, 0.25) is 0 Å². The van der Waals surface area contributed by atoms with Gasteiger partial charge in [-0.1, -0.05) is 15.9 Å². The fraction of sp³-hybridized carbons (Fsp3) is 0.889. The molecular weight excluding hydrogens is 239 g/mol. The van der Waals surface area contributed by atoms with E-state index >= 15 is 0 Å². The highest BCUT2D eigenvalue weighted by Gasteiger charge is 2.67. The molecule has 4 saturated carbocycles. The largest absolute Gasteiger partial charge is 0.298 e. The summed E-state index contributed by atoms with van der Waals surface area (Å²) in [6, 6.07) is 0. The minimum absolute atomic E-state index is 0.0257. The maximum atomic E-state index is 11.8. The van der Waals surface area contributed by atoms with Crippen LogP contribution in [0.4, 0.5) is 0 Å². The van der Waals surface area contributed by atoms with E-state index in [1.807, 2.05) is 0 Å². The third-order valence-corrected chi connectivity index (χ3v) is 5.43. The summed E-state index contributed by atoms with van der Waals surface area (Å²) < 4.78 is -0.222. The molecular formula is C9H10BrClO. The number of rotatable bonds is 0. The third kappa shape index (κ3) is 0.701. The molecule has 4 bridgehead atoms. The normalized spacial score (nSPS) is 61.7. The van der Waals surface area contributed by atoms with Crippen molar-refractivity contribution in [1.82, 2.24) is 0 Å². The molecule has 0 aromatic rings. The lowest BCUT2D eigenvalue weighted by atomic mass is 9.80. The molecule has 12 heavy (non-hydrogen) atoms. The van der Waals surface area contributed by atoms with E-state index in [4.69, 9.17) is 11.6 Å². The fourth-order valence-corrected chi connectivity index (χ4v) is 5.34. The highest BCUT2D eigenvalue weighted by molar-refractivity contribution is 9.10. The van der Waals surface area contributed by atoms with Gasteiger partial charge in [-0.3, -0.25) is 4.79 Å². The first kappa shape index (κ1) is 7.81. The molecule has 4 aliphatic carbocycles. The van der Waals surface area contributed by atoms with Crippen LogP contribution in [0.25, 0.3) is 0 Å². The van der Waals surface area contributed by atoms with Gasteiger partial charge in [0.1, 0.15) is 0 Å². The Morgan fingerprint density at radius 2 is 2.25 bits per heavy atom. The van der Waals surface area contributed by atoms with Gasteiger partial charge in [-0.2, -0.15) is 0 Å². The minimum atomic E-state index is -0.222. The summed E-state index contributed by atoms with van der Waals surface area (Å²) >= 11 is 10.0. The average Bonchev–Trinajstić information content (AvgIpc) is 2.30. The summed E-state index contributed by atoms with van der Waals surface area (Å²) in [4.78, 5) is 11.8. The standard InChI is InChI=1S/C9H10BrClO/c10-8-3-6-1-5(7(8)12)2-9(6,11)4-8/h5-6H,1-4H2. The van der Waals surface area contributed by atoms with Crippen LogP contribution in [0, 0.1) is 11.8 Å². The number of halogens is 2. The second kappa shape index (κ2) is 1.93. The predicted octanol–water partition coefficient (Wildman–Crippen LogP) is 2.50. The molecule has 0 heterocycles. The maximum absolute atomic E-state index is 11.8. The maximum Gasteiger partial charge on any atom is 0.152 e. The smallest absolute Gasteiger partial charge is 0.152 e. The molecule has 0 aromatic heterocycles. The molecule has 1 nitrogen and oxygen atoms in total. The number of hydrogen-bond acceptors (Lipinski definition) is 1. The summed E-state index contributed by atoms with van der Waals surface area (Å²) in [5.74, 6) is 1.29. The van der Waals surface area contributed by atoms with E-state index < -0.39 is 0 Å². The van der Waals surface area contributed by atoms with Gasteiger partial charge in [0.05, 0.1) is 4.32 Å². The SMILES string of the molecule is O=C1C2CC3CC1(Br)CC3(Cl)C2. The van der Waals surface area contributed by atoms with Crippen LogP contribution in [0.1, 0.15) is 25.7 Å². The topological polar surface area (TPSA) is 17.1 Å². The Kier molecular flexibility index (Phi) is 1.25. The van der Waals surface area contributed by atoms with Crippen LogP contribution in [-0.4, -0.2) is 15.0 Å². The first-order chi connectivity index (χ1) is 5.54. The molecule has 0 radical (unpaired) electrons. The average molecular weight is 250 g/mol. The molecule has 0 N–H and O–H groups in total. The highest BCUT2D eigenvalue weighted by Crippen LogP contribution is 2.66. The molecule has 0 aliphatic heterocycles. The van der Waals surface area contributed by atoms with Crippen LogP contribution in [0.15, 0.2) is 0 Å². The van der Waals surface area contributed by atoms with Crippen molar-refractivity contribution in [2.75, 3.05) is 0 Å². The quantitative estimate of drug-likeness (QED) is 0.603. The van der Waals surface area contributed by atoms with Crippen LogP contribution in [-0.2, 0) is 4.79 Å². The van der Waals surface area contributed by atoms with Gasteiger partial charge in [0, 0.05) is 10.8 Å². The third-order valence-electron chi connectivity index (χ3n) is 3.84. The summed E-state index contributed by atoms with van der Waals surface area (Å²) in [5.41, 5.74) is 0. The molecule has 4 fully saturated rings. The van der Waals surface area contributed by atoms with Gasteiger partial charge < -0.3 is 0 Å². The molecule has 4 atom stereocenters. The number of carbonyl (C=O) groups is 1. The van der Waals surface area contributed by atoms with E-state index in [1.54, 1.807) is 0 Å². The van der Waals surface area contributed by atoms with Gasteiger partial charge in [-0.15, -0.1) is 11.6 Å². The molecule has 4 aliphatic rings. The first-order valence-electron chi connectivity index (χ1n) is 4.46. The van der Waals surface area contributed by atoms with Crippen molar-refractivity contribution in [1.29, 1.82) is 0 Å². The van der Waals surface area contributed by atoms with Crippen molar-refractivity contribution in [3.63, 3.8) is 0 Å². The monoisotopic (exact) mass is 248 g/mol. The van der Waals surface area contributed by atoms with Gasteiger partial charge in [-0.25, -0.2) is 0 Å². The Balaban J connectivity index is 2.12. The zero-order valence-corrected chi connectivity index (χ0v) is 8.99. The Morgan fingerprint density at radius 3 is 2.83 bits per heavy atom. The molecule has 66 valence electrons. The lowest BCUT2D eigenvalue weighted by Gasteiger charge is -2.32. The number of ketones is 1. The molecule has 0 aromatic carbocycles.